The van der Waals surface area contributed by atoms with E-state index in [-0.39, 0.29) is 5.78 Å². The highest BCUT2D eigenvalue weighted by atomic mass is 16.5. The lowest BCUT2D eigenvalue weighted by atomic mass is 9.69. The molecule has 2 aromatic carbocycles. The number of ether oxygens (including phenoxy) is 1. The van der Waals surface area contributed by atoms with Crippen LogP contribution in [0.3, 0.4) is 0 Å². The van der Waals surface area contributed by atoms with Crippen LogP contribution in [0.15, 0.2) is 54.6 Å². The standard InChI is InChI=1S/C24H21N3O2/c1-3-29-20-11-7-5-9-18(20)22-23(16(2)28)27-19-10-6-4-8-17(19)12-13-21(27)24(22,14-25)15-26/h4-13,21-23H,3H2,1-2H3/t21-,22+,23-/m0/s1. The van der Waals surface area contributed by atoms with E-state index in [2.05, 4.69) is 12.1 Å². The number of nitriles is 2. The minimum absolute atomic E-state index is 0.0798. The van der Waals surface area contributed by atoms with E-state index in [9.17, 15) is 15.3 Å². The highest BCUT2D eigenvalue weighted by Crippen LogP contribution is 2.56. The summed E-state index contributed by atoms with van der Waals surface area (Å²) in [6.07, 6.45) is 3.82. The number of anilines is 1. The third-order valence-electron chi connectivity index (χ3n) is 5.89. The van der Waals surface area contributed by atoms with E-state index in [4.69, 9.17) is 4.74 Å². The molecule has 2 heterocycles. The fraction of sp³-hybridized carbons (Fsp3) is 0.292. The van der Waals surface area contributed by atoms with Crippen molar-refractivity contribution in [3.63, 3.8) is 0 Å². The number of hydrogen-bond acceptors (Lipinski definition) is 5. The van der Waals surface area contributed by atoms with Gasteiger partial charge in [-0.05, 0) is 31.5 Å². The van der Waals surface area contributed by atoms with Crippen molar-refractivity contribution in [1.82, 2.24) is 0 Å². The smallest absolute Gasteiger partial charge is 0.176 e. The van der Waals surface area contributed by atoms with Gasteiger partial charge in [-0.15, -0.1) is 0 Å². The molecule has 2 aliphatic rings. The van der Waals surface area contributed by atoms with Crippen molar-refractivity contribution in [2.75, 3.05) is 11.5 Å². The molecule has 3 atom stereocenters. The van der Waals surface area contributed by atoms with Crippen LogP contribution in [-0.4, -0.2) is 24.5 Å². The van der Waals surface area contributed by atoms with Gasteiger partial charge >= 0.3 is 0 Å². The Morgan fingerprint density at radius 3 is 2.52 bits per heavy atom. The number of carbonyl (C=O) groups excluding carboxylic acids is 1. The summed E-state index contributed by atoms with van der Waals surface area (Å²) in [5, 5.41) is 20.5. The number of Topliss-reactive ketones (excluding diaryl/α,β-unsaturated/α-hetero) is 1. The van der Waals surface area contributed by atoms with Gasteiger partial charge < -0.3 is 9.64 Å². The second-order valence-electron chi connectivity index (χ2n) is 7.37. The Morgan fingerprint density at radius 2 is 1.83 bits per heavy atom. The normalized spacial score (nSPS) is 23.4. The first-order chi connectivity index (χ1) is 14.1. The summed E-state index contributed by atoms with van der Waals surface area (Å²) in [5.74, 6) is -0.111. The van der Waals surface area contributed by atoms with Crippen LogP contribution in [0.25, 0.3) is 6.08 Å². The molecule has 2 aliphatic heterocycles. The Bertz CT molecular complexity index is 1060. The fourth-order valence-electron chi connectivity index (χ4n) is 4.76. The lowest BCUT2D eigenvalue weighted by molar-refractivity contribution is -0.118. The van der Waals surface area contributed by atoms with E-state index in [1.807, 2.05) is 72.5 Å². The van der Waals surface area contributed by atoms with Gasteiger partial charge in [0.25, 0.3) is 0 Å². The maximum absolute atomic E-state index is 13.0. The van der Waals surface area contributed by atoms with Gasteiger partial charge in [-0.3, -0.25) is 4.79 Å². The van der Waals surface area contributed by atoms with Gasteiger partial charge in [0, 0.05) is 17.2 Å². The maximum Gasteiger partial charge on any atom is 0.176 e. The van der Waals surface area contributed by atoms with Gasteiger partial charge in [-0.1, -0.05) is 48.6 Å². The third kappa shape index (κ3) is 2.62. The summed E-state index contributed by atoms with van der Waals surface area (Å²) in [6, 6.07) is 18.6. The van der Waals surface area contributed by atoms with E-state index in [0.29, 0.717) is 12.4 Å². The largest absolute Gasteiger partial charge is 0.494 e. The highest BCUT2D eigenvalue weighted by Gasteiger charge is 2.63. The molecule has 0 spiro atoms. The minimum atomic E-state index is -1.42. The Labute approximate surface area is 170 Å². The average molecular weight is 383 g/mol. The second kappa shape index (κ2) is 7.11. The predicted octanol–water partition coefficient (Wildman–Crippen LogP) is 4.08. The van der Waals surface area contributed by atoms with Crippen molar-refractivity contribution in [3.8, 4) is 17.9 Å². The molecule has 0 N–H and O–H groups in total. The van der Waals surface area contributed by atoms with E-state index in [1.165, 1.54) is 6.92 Å². The van der Waals surface area contributed by atoms with E-state index < -0.39 is 23.4 Å². The molecule has 1 fully saturated rings. The summed E-state index contributed by atoms with van der Waals surface area (Å²) < 4.78 is 5.82. The van der Waals surface area contributed by atoms with Crippen molar-refractivity contribution in [2.45, 2.75) is 31.8 Å². The quantitative estimate of drug-likeness (QED) is 0.795. The van der Waals surface area contributed by atoms with Gasteiger partial charge in [0.05, 0.1) is 30.8 Å². The molecule has 5 heteroatoms. The minimum Gasteiger partial charge on any atom is -0.494 e. The summed E-state index contributed by atoms with van der Waals surface area (Å²) in [6.45, 7) is 3.87. The van der Waals surface area contributed by atoms with Crippen molar-refractivity contribution in [2.24, 2.45) is 5.41 Å². The van der Waals surface area contributed by atoms with Gasteiger partial charge in [-0.25, -0.2) is 0 Å². The van der Waals surface area contributed by atoms with Gasteiger partial charge in [0.15, 0.2) is 11.2 Å². The fourth-order valence-corrected chi connectivity index (χ4v) is 4.76. The zero-order valence-electron chi connectivity index (χ0n) is 16.4. The molecule has 0 amide bonds. The van der Waals surface area contributed by atoms with Crippen LogP contribution >= 0.6 is 0 Å². The molecular formula is C24H21N3O2. The predicted molar refractivity (Wildman–Crippen MR) is 110 cm³/mol. The van der Waals surface area contributed by atoms with Crippen molar-refractivity contribution in [3.05, 3.63) is 65.7 Å². The molecule has 4 rings (SSSR count). The Hall–Kier alpha value is -3.57. The van der Waals surface area contributed by atoms with Crippen LogP contribution in [0.4, 0.5) is 5.69 Å². The number of carbonyl (C=O) groups is 1. The Morgan fingerprint density at radius 1 is 1.14 bits per heavy atom. The van der Waals surface area contributed by atoms with E-state index >= 15 is 0 Å². The van der Waals surface area contributed by atoms with E-state index in [1.54, 1.807) is 0 Å². The number of rotatable bonds is 4. The van der Waals surface area contributed by atoms with Gasteiger partial charge in [-0.2, -0.15) is 10.5 Å². The SMILES string of the molecule is CCOc1ccccc1[C@@H]1[C@H](C(C)=O)N2c3ccccc3C=C[C@H]2C1(C#N)C#N. The molecular weight excluding hydrogens is 362 g/mol. The number of benzene rings is 2. The molecule has 1 saturated heterocycles. The second-order valence-corrected chi connectivity index (χ2v) is 7.37. The Balaban J connectivity index is 2.00. The van der Waals surface area contributed by atoms with Crippen LogP contribution in [0.2, 0.25) is 0 Å². The van der Waals surface area contributed by atoms with Crippen molar-refractivity contribution >= 4 is 17.5 Å². The van der Waals surface area contributed by atoms with Gasteiger partial charge in [0.2, 0.25) is 0 Å². The first-order valence-electron chi connectivity index (χ1n) is 9.69. The maximum atomic E-state index is 13.0. The molecule has 0 unspecified atom stereocenters. The van der Waals surface area contributed by atoms with Crippen LogP contribution in [0.1, 0.15) is 30.9 Å². The molecule has 2 aromatic rings. The first-order valence-corrected chi connectivity index (χ1v) is 9.69. The Kier molecular flexibility index (Phi) is 4.60. The number of nitrogens with zero attached hydrogens (tertiary/aromatic N) is 3. The average Bonchev–Trinajstić information content (AvgIpc) is 3.05. The van der Waals surface area contributed by atoms with Crippen LogP contribution < -0.4 is 9.64 Å². The summed E-state index contributed by atoms with van der Waals surface area (Å²) in [4.78, 5) is 14.9. The van der Waals surface area contributed by atoms with E-state index in [0.717, 1.165) is 16.8 Å². The van der Waals surface area contributed by atoms with Crippen molar-refractivity contribution in [1.29, 1.82) is 10.5 Å². The topological polar surface area (TPSA) is 77.1 Å². The summed E-state index contributed by atoms with van der Waals surface area (Å²) in [5.41, 5.74) is 1.14. The third-order valence-corrected chi connectivity index (χ3v) is 5.89. The molecule has 0 radical (unpaired) electrons. The number of fused-ring (bicyclic) bond motifs is 3. The monoisotopic (exact) mass is 383 g/mol. The molecule has 5 nitrogen and oxygen atoms in total. The number of ketones is 1. The molecule has 144 valence electrons. The lowest BCUT2D eigenvalue weighted by Gasteiger charge is -2.35. The molecule has 0 saturated carbocycles. The summed E-state index contributed by atoms with van der Waals surface area (Å²) in [7, 11) is 0. The first kappa shape index (κ1) is 18.8. The molecule has 0 aromatic heterocycles. The van der Waals surface area contributed by atoms with Crippen LogP contribution in [0, 0.1) is 28.1 Å². The molecule has 0 bridgehead atoms. The molecule has 29 heavy (non-hydrogen) atoms. The zero-order valence-corrected chi connectivity index (χ0v) is 16.4. The molecule has 0 aliphatic carbocycles. The van der Waals surface area contributed by atoms with Gasteiger partial charge in [0.1, 0.15) is 5.75 Å². The number of hydrogen-bond donors (Lipinski definition) is 0. The zero-order chi connectivity index (χ0) is 20.6. The van der Waals surface area contributed by atoms with Crippen LogP contribution in [-0.2, 0) is 4.79 Å². The number of para-hydroxylation sites is 2. The summed E-state index contributed by atoms with van der Waals surface area (Å²) >= 11 is 0. The van der Waals surface area contributed by atoms with Crippen LogP contribution in [0.5, 0.6) is 5.75 Å². The van der Waals surface area contributed by atoms with Crippen molar-refractivity contribution < 1.29 is 9.53 Å². The highest BCUT2D eigenvalue weighted by molar-refractivity contribution is 5.91. The lowest BCUT2D eigenvalue weighted by Crippen LogP contribution is -2.43.